The van der Waals surface area contributed by atoms with E-state index in [1.54, 1.807) is 24.3 Å². The van der Waals surface area contributed by atoms with Crippen molar-refractivity contribution in [1.82, 2.24) is 10.2 Å². The molecule has 5 atom stereocenters. The second-order valence-corrected chi connectivity index (χ2v) is 8.90. The van der Waals surface area contributed by atoms with Crippen LogP contribution in [0.1, 0.15) is 39.5 Å². The highest BCUT2D eigenvalue weighted by atomic mass is 16.5. The van der Waals surface area contributed by atoms with Crippen LogP contribution in [0.3, 0.4) is 0 Å². The van der Waals surface area contributed by atoms with Crippen LogP contribution in [0.25, 0.3) is 0 Å². The number of hydrogen-bond donors (Lipinski definition) is 3. The lowest BCUT2D eigenvalue weighted by Gasteiger charge is -2.33. The topological polar surface area (TPSA) is 117 Å². The highest BCUT2D eigenvalue weighted by Crippen LogP contribution is 2.58. The van der Waals surface area contributed by atoms with E-state index in [-0.39, 0.29) is 30.9 Å². The minimum Gasteiger partial charge on any atom is -0.494 e. The fraction of sp³-hybridized carbons (Fsp3) is 0.625. The molecule has 3 amide bonds. The summed E-state index contributed by atoms with van der Waals surface area (Å²) in [7, 11) is 0. The summed E-state index contributed by atoms with van der Waals surface area (Å²) in [4.78, 5) is 41.3. The Morgan fingerprint density at radius 1 is 1.24 bits per heavy atom. The number of carbonyl (C=O) groups excluding carboxylic acids is 3. The Labute approximate surface area is 193 Å². The van der Waals surface area contributed by atoms with Crippen molar-refractivity contribution >= 4 is 23.4 Å². The van der Waals surface area contributed by atoms with Crippen molar-refractivity contribution in [3.05, 3.63) is 24.3 Å². The fourth-order valence-corrected chi connectivity index (χ4v) is 5.61. The summed E-state index contributed by atoms with van der Waals surface area (Å²) in [5.41, 5.74) is -0.430. The van der Waals surface area contributed by atoms with E-state index in [0.717, 1.165) is 12.8 Å². The molecular weight excluding hydrogens is 426 g/mol. The van der Waals surface area contributed by atoms with E-state index in [1.807, 2.05) is 13.8 Å². The lowest BCUT2D eigenvalue weighted by molar-refractivity contribution is -0.141. The molecule has 1 aromatic rings. The summed E-state index contributed by atoms with van der Waals surface area (Å²) in [6, 6.07) is 6.22. The van der Waals surface area contributed by atoms with Crippen molar-refractivity contribution in [1.29, 1.82) is 0 Å². The molecule has 1 aromatic carbocycles. The standard InChI is InChI=1S/C24H33N3O6/c1-3-5-12-25-22(30)20-24-11-10-17(33-24)18(19(24)23(31)27(20)13-14-28)21(29)26-15-6-8-16(9-7-15)32-4-2/h6-9,17-20,28H,3-5,10-14H2,1-2H3,(H,25,30)(H,26,29)/t17-,18+,19-,20?,24?/m0/s1. The summed E-state index contributed by atoms with van der Waals surface area (Å²) >= 11 is 0. The first-order valence-electron chi connectivity index (χ1n) is 11.9. The molecule has 3 aliphatic rings. The number of rotatable bonds is 10. The van der Waals surface area contributed by atoms with Crippen LogP contribution in [0.15, 0.2) is 24.3 Å². The molecule has 3 aliphatic heterocycles. The van der Waals surface area contributed by atoms with E-state index in [2.05, 4.69) is 10.6 Å². The molecule has 3 heterocycles. The van der Waals surface area contributed by atoms with Crippen LogP contribution in [-0.4, -0.2) is 71.8 Å². The van der Waals surface area contributed by atoms with Crippen LogP contribution >= 0.6 is 0 Å². The van der Waals surface area contributed by atoms with Gasteiger partial charge in [0.25, 0.3) is 0 Å². The van der Waals surface area contributed by atoms with Gasteiger partial charge >= 0.3 is 0 Å². The third-order valence-corrected chi connectivity index (χ3v) is 6.95. The number of hydrogen-bond acceptors (Lipinski definition) is 6. The zero-order valence-corrected chi connectivity index (χ0v) is 19.2. The summed E-state index contributed by atoms with van der Waals surface area (Å²) in [6.07, 6.45) is 2.50. The van der Waals surface area contributed by atoms with Crippen molar-refractivity contribution in [2.75, 3.05) is 31.6 Å². The fourth-order valence-electron chi connectivity index (χ4n) is 5.61. The SMILES string of the molecule is CCCCNC(=O)C1N(CCO)C(=O)[C@@H]2[C@H](C(=O)Nc3ccc(OCC)cc3)[C@@H]3CCC12O3. The van der Waals surface area contributed by atoms with Crippen molar-refractivity contribution < 1.29 is 29.0 Å². The molecule has 0 saturated carbocycles. The lowest BCUT2D eigenvalue weighted by atomic mass is 9.70. The van der Waals surface area contributed by atoms with Crippen LogP contribution < -0.4 is 15.4 Å². The molecule has 4 rings (SSSR count). The van der Waals surface area contributed by atoms with Gasteiger partial charge in [0.15, 0.2) is 0 Å². The van der Waals surface area contributed by atoms with E-state index in [9.17, 15) is 19.5 Å². The van der Waals surface area contributed by atoms with Gasteiger partial charge in [-0.1, -0.05) is 13.3 Å². The predicted octanol–water partition coefficient (Wildman–Crippen LogP) is 1.31. The Morgan fingerprint density at radius 3 is 2.67 bits per heavy atom. The number of nitrogens with one attached hydrogen (secondary N) is 2. The molecule has 3 fully saturated rings. The van der Waals surface area contributed by atoms with Gasteiger partial charge in [0.1, 0.15) is 17.4 Å². The van der Waals surface area contributed by atoms with Crippen LogP contribution in [0.4, 0.5) is 5.69 Å². The van der Waals surface area contributed by atoms with Gasteiger partial charge in [-0.3, -0.25) is 14.4 Å². The molecule has 2 unspecified atom stereocenters. The maximum atomic E-state index is 13.4. The van der Waals surface area contributed by atoms with E-state index < -0.39 is 29.6 Å². The maximum Gasteiger partial charge on any atom is 0.245 e. The molecule has 0 radical (unpaired) electrons. The molecular formula is C24H33N3O6. The predicted molar refractivity (Wildman–Crippen MR) is 121 cm³/mol. The van der Waals surface area contributed by atoms with Gasteiger partial charge in [-0.05, 0) is 50.5 Å². The number of nitrogens with zero attached hydrogens (tertiary/aromatic N) is 1. The number of carbonyl (C=O) groups is 3. The number of aliphatic hydroxyl groups is 1. The number of benzene rings is 1. The molecule has 3 N–H and O–H groups in total. The van der Waals surface area contributed by atoms with Crippen molar-refractivity contribution in [3.8, 4) is 5.75 Å². The average molecular weight is 460 g/mol. The quantitative estimate of drug-likeness (QED) is 0.454. The highest BCUT2D eigenvalue weighted by Gasteiger charge is 2.74. The van der Waals surface area contributed by atoms with Crippen LogP contribution in [-0.2, 0) is 19.1 Å². The number of likely N-dealkylation sites (tertiary alicyclic amines) is 1. The number of unbranched alkanes of at least 4 members (excludes halogenated alkanes) is 1. The van der Waals surface area contributed by atoms with Crippen molar-refractivity contribution in [2.24, 2.45) is 11.8 Å². The Kier molecular flexibility index (Phi) is 6.90. The molecule has 9 nitrogen and oxygen atoms in total. The highest BCUT2D eigenvalue weighted by molar-refractivity contribution is 6.02. The van der Waals surface area contributed by atoms with Gasteiger partial charge in [0, 0.05) is 18.8 Å². The van der Waals surface area contributed by atoms with Gasteiger partial charge in [0.2, 0.25) is 17.7 Å². The zero-order valence-electron chi connectivity index (χ0n) is 19.2. The van der Waals surface area contributed by atoms with Gasteiger partial charge in [-0.15, -0.1) is 0 Å². The number of β-amino-alcohol motifs (C(OH)–C–C–N with tert-alkyl or cyclic N) is 1. The monoisotopic (exact) mass is 459 g/mol. The third kappa shape index (κ3) is 4.08. The van der Waals surface area contributed by atoms with Gasteiger partial charge in [-0.2, -0.15) is 0 Å². The summed E-state index contributed by atoms with van der Waals surface area (Å²) < 4.78 is 11.7. The van der Waals surface area contributed by atoms with E-state index >= 15 is 0 Å². The smallest absolute Gasteiger partial charge is 0.245 e. The van der Waals surface area contributed by atoms with Gasteiger partial charge < -0.3 is 30.1 Å². The van der Waals surface area contributed by atoms with Crippen molar-refractivity contribution in [2.45, 2.75) is 57.3 Å². The normalized spacial score (nSPS) is 29.8. The minimum absolute atomic E-state index is 0.0319. The number of aliphatic hydroxyl groups excluding tert-OH is 1. The van der Waals surface area contributed by atoms with E-state index in [0.29, 0.717) is 37.4 Å². The Hall–Kier alpha value is -2.65. The minimum atomic E-state index is -1.03. The Bertz CT molecular complexity index is 891. The molecule has 9 heteroatoms. The molecule has 3 saturated heterocycles. The second-order valence-electron chi connectivity index (χ2n) is 8.90. The summed E-state index contributed by atoms with van der Waals surface area (Å²) in [5, 5.41) is 15.4. The molecule has 0 aliphatic carbocycles. The van der Waals surface area contributed by atoms with E-state index in [1.165, 1.54) is 4.90 Å². The second kappa shape index (κ2) is 9.69. The molecule has 1 spiro atoms. The first kappa shape index (κ1) is 23.5. The number of anilines is 1. The molecule has 180 valence electrons. The lowest BCUT2D eigenvalue weighted by Crippen LogP contribution is -2.55. The van der Waals surface area contributed by atoms with E-state index in [4.69, 9.17) is 9.47 Å². The van der Waals surface area contributed by atoms with Crippen LogP contribution in [0, 0.1) is 11.8 Å². The first-order valence-corrected chi connectivity index (χ1v) is 11.9. The number of fused-ring (bicyclic) bond motifs is 1. The van der Waals surface area contributed by atoms with Crippen LogP contribution in [0.5, 0.6) is 5.75 Å². The number of ether oxygens (including phenoxy) is 2. The molecule has 0 aromatic heterocycles. The average Bonchev–Trinajstić information content (AvgIpc) is 3.43. The Morgan fingerprint density at radius 2 is 2.00 bits per heavy atom. The largest absolute Gasteiger partial charge is 0.494 e. The summed E-state index contributed by atoms with van der Waals surface area (Å²) in [5.74, 6) is -1.59. The molecule has 2 bridgehead atoms. The first-order chi connectivity index (χ1) is 16.0. The van der Waals surface area contributed by atoms with Crippen molar-refractivity contribution in [3.63, 3.8) is 0 Å². The van der Waals surface area contributed by atoms with Crippen LogP contribution in [0.2, 0.25) is 0 Å². The maximum absolute atomic E-state index is 13.4. The number of amides is 3. The zero-order chi connectivity index (χ0) is 23.6. The van der Waals surface area contributed by atoms with Gasteiger partial charge in [-0.25, -0.2) is 0 Å². The molecule has 33 heavy (non-hydrogen) atoms. The Balaban J connectivity index is 1.56. The van der Waals surface area contributed by atoms with Gasteiger partial charge in [0.05, 0.1) is 31.2 Å². The summed E-state index contributed by atoms with van der Waals surface area (Å²) in [6.45, 7) is 4.77. The third-order valence-electron chi connectivity index (χ3n) is 6.95.